The molecule has 0 radical (unpaired) electrons. The van der Waals surface area contributed by atoms with Crippen LogP contribution in [-0.2, 0) is 0 Å². The number of thiophene rings is 1. The molecule has 2 heterocycles. The lowest BCUT2D eigenvalue weighted by molar-refractivity contribution is 1.42. The molecule has 22 heavy (non-hydrogen) atoms. The Morgan fingerprint density at radius 2 is 1.64 bits per heavy atom. The minimum Gasteiger partial charge on any atom is -0.247 e. The molecule has 106 valence electrons. The van der Waals surface area contributed by atoms with Gasteiger partial charge in [-0.15, -0.1) is 11.3 Å². The number of benzene rings is 2. The first kappa shape index (κ1) is 13.5. The van der Waals surface area contributed by atoms with E-state index < -0.39 is 0 Å². The van der Waals surface area contributed by atoms with Gasteiger partial charge in [-0.1, -0.05) is 61.6 Å². The van der Waals surface area contributed by atoms with Crippen LogP contribution in [0.1, 0.15) is 0 Å². The number of rotatable bonds is 2. The largest absolute Gasteiger partial charge is 0.247 e. The molecule has 0 saturated carbocycles. The van der Waals surface area contributed by atoms with Crippen LogP contribution in [-0.4, -0.2) is 11.7 Å². The van der Waals surface area contributed by atoms with Crippen molar-refractivity contribution in [1.29, 1.82) is 0 Å². The molecule has 0 saturated heterocycles. The molecule has 0 atom stereocenters. The third kappa shape index (κ3) is 2.13. The van der Waals surface area contributed by atoms with E-state index in [0.29, 0.717) is 6.71 Å². The molecule has 2 aromatic carbocycles. The van der Waals surface area contributed by atoms with Crippen molar-refractivity contribution in [2.75, 3.05) is 0 Å². The first-order valence-corrected chi connectivity index (χ1v) is 8.43. The zero-order valence-electron chi connectivity index (χ0n) is 12.7. The van der Waals surface area contributed by atoms with Gasteiger partial charge in [-0.05, 0) is 23.6 Å². The van der Waals surface area contributed by atoms with Crippen LogP contribution in [0.15, 0.2) is 60.7 Å². The first-order chi connectivity index (χ1) is 10.7. The van der Waals surface area contributed by atoms with E-state index >= 15 is 0 Å². The molecular weight excluding hydrogens is 285 g/mol. The highest BCUT2D eigenvalue weighted by molar-refractivity contribution is 7.24. The molecule has 4 rings (SSSR count). The predicted molar refractivity (Wildman–Crippen MR) is 99.7 cm³/mol. The molecule has 4 aromatic rings. The highest BCUT2D eigenvalue weighted by Crippen LogP contribution is 2.32. The Labute approximate surface area is 134 Å². The van der Waals surface area contributed by atoms with Gasteiger partial charge in [-0.3, -0.25) is 0 Å². The van der Waals surface area contributed by atoms with Gasteiger partial charge in [0.05, 0.1) is 11.2 Å². The van der Waals surface area contributed by atoms with E-state index in [1.807, 2.05) is 17.4 Å². The van der Waals surface area contributed by atoms with Crippen LogP contribution in [0, 0.1) is 0 Å². The maximum Gasteiger partial charge on any atom is 0.172 e. The van der Waals surface area contributed by atoms with Gasteiger partial charge in [0.2, 0.25) is 0 Å². The second-order valence-electron chi connectivity index (χ2n) is 5.88. The molecule has 0 amide bonds. The number of hydrogen-bond acceptors (Lipinski definition) is 2. The van der Waals surface area contributed by atoms with Crippen molar-refractivity contribution >= 4 is 44.5 Å². The van der Waals surface area contributed by atoms with Crippen LogP contribution < -0.4 is 5.46 Å². The van der Waals surface area contributed by atoms with Gasteiger partial charge in [0.25, 0.3) is 0 Å². The van der Waals surface area contributed by atoms with E-state index in [0.717, 1.165) is 11.2 Å². The molecule has 0 N–H and O–H groups in total. The topological polar surface area (TPSA) is 12.9 Å². The Morgan fingerprint density at radius 1 is 0.864 bits per heavy atom. The number of nitrogens with zero attached hydrogens (tertiary/aromatic N) is 1. The van der Waals surface area contributed by atoms with Crippen LogP contribution in [0.4, 0.5) is 0 Å². The van der Waals surface area contributed by atoms with E-state index in [2.05, 4.69) is 68.2 Å². The Hall–Kier alpha value is -2.13. The lowest BCUT2D eigenvalue weighted by atomic mass is 9.48. The molecule has 0 fully saturated rings. The minimum absolute atomic E-state index is 0.486. The first-order valence-electron chi connectivity index (χ1n) is 7.61. The summed E-state index contributed by atoms with van der Waals surface area (Å²) >= 11 is 1.85. The van der Waals surface area contributed by atoms with Crippen LogP contribution in [0.3, 0.4) is 0 Å². The van der Waals surface area contributed by atoms with Gasteiger partial charge < -0.3 is 0 Å². The highest BCUT2D eigenvalue weighted by atomic mass is 32.1. The maximum absolute atomic E-state index is 4.89. The van der Waals surface area contributed by atoms with E-state index in [1.165, 1.54) is 25.8 Å². The van der Waals surface area contributed by atoms with Gasteiger partial charge in [0, 0.05) is 15.0 Å². The lowest BCUT2D eigenvalue weighted by Gasteiger charge is -2.07. The average molecular weight is 301 g/mol. The summed E-state index contributed by atoms with van der Waals surface area (Å²) < 4.78 is 1.34. The van der Waals surface area contributed by atoms with Crippen molar-refractivity contribution in [3.05, 3.63) is 60.7 Å². The molecule has 1 nitrogen and oxygen atoms in total. The second kappa shape index (κ2) is 5.26. The number of fused-ring (bicyclic) bond motifs is 2. The molecule has 0 unspecified atom stereocenters. The van der Waals surface area contributed by atoms with Crippen molar-refractivity contribution in [2.45, 2.75) is 13.6 Å². The summed E-state index contributed by atoms with van der Waals surface area (Å²) in [5.41, 5.74) is 3.57. The molecule has 0 aliphatic rings. The van der Waals surface area contributed by atoms with Gasteiger partial charge in [0.15, 0.2) is 6.71 Å². The van der Waals surface area contributed by atoms with Crippen molar-refractivity contribution in [3.63, 3.8) is 0 Å². The van der Waals surface area contributed by atoms with Crippen LogP contribution in [0.2, 0.25) is 13.6 Å². The van der Waals surface area contributed by atoms with E-state index in [-0.39, 0.29) is 0 Å². The van der Waals surface area contributed by atoms with Crippen molar-refractivity contribution in [2.24, 2.45) is 0 Å². The minimum atomic E-state index is 0.486. The monoisotopic (exact) mass is 301 g/mol. The molecule has 0 aliphatic carbocycles. The van der Waals surface area contributed by atoms with E-state index in [1.54, 1.807) is 0 Å². The summed E-state index contributed by atoms with van der Waals surface area (Å²) in [6.07, 6.45) is 0. The Balaban J connectivity index is 2.00. The Kier molecular flexibility index (Phi) is 3.23. The summed E-state index contributed by atoms with van der Waals surface area (Å²) in [5.74, 6) is 0. The fourth-order valence-electron chi connectivity index (χ4n) is 3.02. The summed E-state index contributed by atoms with van der Waals surface area (Å²) in [6, 6.07) is 21.3. The molecular formula is C19H16BNS. The number of aromatic nitrogens is 1. The van der Waals surface area contributed by atoms with Crippen molar-refractivity contribution in [1.82, 2.24) is 4.98 Å². The Morgan fingerprint density at radius 3 is 2.50 bits per heavy atom. The fourth-order valence-corrected chi connectivity index (χ4v) is 4.35. The quantitative estimate of drug-likeness (QED) is 0.471. The third-order valence-electron chi connectivity index (χ3n) is 4.04. The smallest absolute Gasteiger partial charge is 0.172 e. The van der Waals surface area contributed by atoms with E-state index in [9.17, 15) is 0 Å². The zero-order chi connectivity index (χ0) is 15.1. The van der Waals surface area contributed by atoms with Gasteiger partial charge in [-0.2, -0.15) is 0 Å². The SMILES string of the molecule is CB(C)c1c(-c2ccc3ccccc3n2)sc2ccccc12. The summed E-state index contributed by atoms with van der Waals surface area (Å²) in [7, 11) is 0. The maximum atomic E-state index is 4.89. The molecule has 0 bridgehead atoms. The normalized spacial score (nSPS) is 11.2. The summed E-state index contributed by atoms with van der Waals surface area (Å²) in [5, 5.41) is 2.56. The third-order valence-corrected chi connectivity index (χ3v) is 5.25. The predicted octanol–water partition coefficient (Wildman–Crippen LogP) is 5.08. The van der Waals surface area contributed by atoms with Crippen molar-refractivity contribution in [3.8, 4) is 10.6 Å². The number of hydrogen-bond donors (Lipinski definition) is 0. The van der Waals surface area contributed by atoms with Crippen LogP contribution >= 0.6 is 11.3 Å². The lowest BCUT2D eigenvalue weighted by Crippen LogP contribution is -2.23. The number of pyridine rings is 1. The average Bonchev–Trinajstić information content (AvgIpc) is 2.94. The van der Waals surface area contributed by atoms with Crippen LogP contribution in [0.5, 0.6) is 0 Å². The molecule has 0 spiro atoms. The molecule has 2 aromatic heterocycles. The van der Waals surface area contributed by atoms with E-state index in [4.69, 9.17) is 4.98 Å². The van der Waals surface area contributed by atoms with Crippen molar-refractivity contribution < 1.29 is 0 Å². The number of para-hydroxylation sites is 1. The molecule has 0 aliphatic heterocycles. The summed E-state index contributed by atoms with van der Waals surface area (Å²) in [4.78, 5) is 6.20. The van der Waals surface area contributed by atoms with Gasteiger partial charge >= 0.3 is 0 Å². The highest BCUT2D eigenvalue weighted by Gasteiger charge is 2.18. The van der Waals surface area contributed by atoms with Crippen LogP contribution in [0.25, 0.3) is 31.6 Å². The van der Waals surface area contributed by atoms with Gasteiger partial charge in [0.1, 0.15) is 0 Å². The Bertz CT molecular complexity index is 971. The second-order valence-corrected chi connectivity index (χ2v) is 6.94. The fraction of sp³-hybridized carbons (Fsp3) is 0.105. The van der Waals surface area contributed by atoms with Gasteiger partial charge in [-0.25, -0.2) is 4.98 Å². The standard InChI is InChI=1S/C19H16BNS/c1-20(2)18-14-8-4-6-10-17(14)22-19(18)16-12-11-13-7-3-5-9-15(13)21-16/h3-12H,1-2H3. The summed E-state index contributed by atoms with van der Waals surface area (Å²) in [6.45, 7) is 5.01. The zero-order valence-corrected chi connectivity index (χ0v) is 13.5. The molecule has 3 heteroatoms.